The van der Waals surface area contributed by atoms with Crippen LogP contribution in [-0.4, -0.2) is 33.6 Å². The Bertz CT molecular complexity index is 864. The number of nitrogens with zero attached hydrogens (tertiary/aromatic N) is 3. The van der Waals surface area contributed by atoms with E-state index >= 15 is 0 Å². The number of carbonyl (C=O) groups excluding carboxylic acids is 1. The summed E-state index contributed by atoms with van der Waals surface area (Å²) in [5.41, 5.74) is 2.35. The van der Waals surface area contributed by atoms with Gasteiger partial charge in [-0.25, -0.2) is 9.97 Å². The van der Waals surface area contributed by atoms with Crippen molar-refractivity contribution in [1.29, 1.82) is 0 Å². The van der Waals surface area contributed by atoms with Crippen molar-refractivity contribution in [3.05, 3.63) is 53.3 Å². The van der Waals surface area contributed by atoms with E-state index in [4.69, 9.17) is 4.74 Å². The average molecular weight is 355 g/mol. The molecular formula is C17H17N5O2S. The first-order valence-electron chi connectivity index (χ1n) is 7.55. The molecule has 0 saturated carbocycles. The number of ether oxygens (including phenoxy) is 1. The Balaban J connectivity index is 1.84. The summed E-state index contributed by atoms with van der Waals surface area (Å²) in [5, 5.41) is 10.8. The molecule has 2 aromatic heterocycles. The van der Waals surface area contributed by atoms with Crippen molar-refractivity contribution in [3.63, 3.8) is 0 Å². The van der Waals surface area contributed by atoms with Crippen molar-refractivity contribution in [2.75, 3.05) is 12.4 Å². The molecule has 2 N–H and O–H groups in total. The van der Waals surface area contributed by atoms with E-state index in [0.717, 1.165) is 22.6 Å². The topological polar surface area (TPSA) is 92.8 Å². The second kappa shape index (κ2) is 7.91. The highest BCUT2D eigenvalue weighted by Crippen LogP contribution is 2.27. The number of carbonyl (C=O) groups is 1. The van der Waals surface area contributed by atoms with Crippen molar-refractivity contribution in [1.82, 2.24) is 20.2 Å². The van der Waals surface area contributed by atoms with Gasteiger partial charge in [-0.05, 0) is 30.8 Å². The molecule has 8 heteroatoms. The fraction of sp³-hybridized carbons (Fsp3) is 0.176. The summed E-state index contributed by atoms with van der Waals surface area (Å²) in [6.45, 7) is 2.31. The van der Waals surface area contributed by atoms with Crippen LogP contribution in [0.3, 0.4) is 0 Å². The zero-order valence-electron chi connectivity index (χ0n) is 13.8. The minimum atomic E-state index is 0.383. The standard InChI is InChI=1S/C17H17N5O2S/c1-11-7-16(22-21-11)19-15-8-13(10-24-2)18-17(20-15)25-14-5-3-12(9-23)4-6-14/h3-9H,10H2,1-2H3,(H2,18,19,20,21,22). The van der Waals surface area contributed by atoms with E-state index < -0.39 is 0 Å². The number of benzene rings is 1. The van der Waals surface area contributed by atoms with Crippen LogP contribution in [0.5, 0.6) is 0 Å². The van der Waals surface area contributed by atoms with Crippen LogP contribution < -0.4 is 5.32 Å². The van der Waals surface area contributed by atoms with Gasteiger partial charge in [-0.15, -0.1) is 0 Å². The van der Waals surface area contributed by atoms with Crippen molar-refractivity contribution in [2.45, 2.75) is 23.6 Å². The summed E-state index contributed by atoms with van der Waals surface area (Å²) in [5.74, 6) is 1.33. The number of methoxy groups -OCH3 is 1. The maximum Gasteiger partial charge on any atom is 0.194 e. The van der Waals surface area contributed by atoms with Gasteiger partial charge in [0, 0.05) is 35.4 Å². The number of rotatable bonds is 7. The Morgan fingerprint density at radius 1 is 1.20 bits per heavy atom. The molecule has 0 saturated heterocycles. The highest BCUT2D eigenvalue weighted by molar-refractivity contribution is 7.99. The number of nitrogens with one attached hydrogen (secondary N) is 2. The van der Waals surface area contributed by atoms with Crippen LogP contribution in [0.15, 0.2) is 46.5 Å². The number of aromatic nitrogens is 4. The summed E-state index contributed by atoms with van der Waals surface area (Å²) in [7, 11) is 1.62. The average Bonchev–Trinajstić information content (AvgIpc) is 3.00. The Kier molecular flexibility index (Phi) is 5.42. The molecule has 0 unspecified atom stereocenters. The molecule has 3 rings (SSSR count). The fourth-order valence-electron chi connectivity index (χ4n) is 2.14. The van der Waals surface area contributed by atoms with E-state index in [1.165, 1.54) is 11.8 Å². The summed E-state index contributed by atoms with van der Waals surface area (Å²) < 4.78 is 5.18. The van der Waals surface area contributed by atoms with E-state index in [-0.39, 0.29) is 0 Å². The Hall–Kier alpha value is -2.71. The van der Waals surface area contributed by atoms with E-state index in [1.54, 1.807) is 19.2 Å². The molecular weight excluding hydrogens is 338 g/mol. The third-order valence-corrected chi connectivity index (χ3v) is 4.11. The van der Waals surface area contributed by atoms with Gasteiger partial charge in [0.2, 0.25) is 0 Å². The molecule has 0 aliphatic heterocycles. The van der Waals surface area contributed by atoms with Gasteiger partial charge in [0.1, 0.15) is 12.1 Å². The van der Waals surface area contributed by atoms with Crippen LogP contribution in [0, 0.1) is 6.92 Å². The number of hydrogen-bond donors (Lipinski definition) is 2. The van der Waals surface area contributed by atoms with Gasteiger partial charge in [-0.2, -0.15) is 5.10 Å². The van der Waals surface area contributed by atoms with E-state index in [2.05, 4.69) is 25.5 Å². The lowest BCUT2D eigenvalue weighted by Crippen LogP contribution is -2.01. The Morgan fingerprint density at radius 2 is 2.00 bits per heavy atom. The van der Waals surface area contributed by atoms with Crippen LogP contribution in [0.1, 0.15) is 21.7 Å². The van der Waals surface area contributed by atoms with Crippen LogP contribution in [-0.2, 0) is 11.3 Å². The zero-order chi connectivity index (χ0) is 17.6. The predicted octanol–water partition coefficient (Wildman–Crippen LogP) is 3.36. The molecule has 0 aliphatic rings. The van der Waals surface area contributed by atoms with Gasteiger partial charge in [0.15, 0.2) is 11.0 Å². The van der Waals surface area contributed by atoms with Crippen molar-refractivity contribution < 1.29 is 9.53 Å². The first-order valence-corrected chi connectivity index (χ1v) is 8.37. The van der Waals surface area contributed by atoms with Crippen LogP contribution in [0.4, 0.5) is 11.6 Å². The smallest absolute Gasteiger partial charge is 0.194 e. The van der Waals surface area contributed by atoms with Gasteiger partial charge >= 0.3 is 0 Å². The zero-order valence-corrected chi connectivity index (χ0v) is 14.6. The molecule has 0 radical (unpaired) electrons. The first kappa shape index (κ1) is 17.1. The number of H-pyrrole nitrogens is 1. The lowest BCUT2D eigenvalue weighted by Gasteiger charge is -2.08. The Labute approximate surface area is 149 Å². The van der Waals surface area contributed by atoms with Crippen molar-refractivity contribution in [3.8, 4) is 0 Å². The normalized spacial score (nSPS) is 10.6. The second-order valence-corrected chi connectivity index (χ2v) is 6.35. The summed E-state index contributed by atoms with van der Waals surface area (Å²) in [4.78, 5) is 20.7. The fourth-order valence-corrected chi connectivity index (χ4v) is 2.93. The quantitative estimate of drug-likeness (QED) is 0.496. The highest BCUT2D eigenvalue weighted by Gasteiger charge is 2.08. The molecule has 25 heavy (non-hydrogen) atoms. The second-order valence-electron chi connectivity index (χ2n) is 5.31. The van der Waals surface area contributed by atoms with Crippen molar-refractivity contribution >= 4 is 29.7 Å². The maximum atomic E-state index is 10.8. The molecule has 2 heterocycles. The molecule has 0 spiro atoms. The van der Waals surface area contributed by atoms with E-state index in [1.807, 2.05) is 31.2 Å². The lowest BCUT2D eigenvalue weighted by molar-refractivity contribution is 0.112. The largest absolute Gasteiger partial charge is 0.378 e. The minimum Gasteiger partial charge on any atom is -0.378 e. The molecule has 128 valence electrons. The van der Waals surface area contributed by atoms with Crippen LogP contribution >= 0.6 is 11.8 Å². The first-order chi connectivity index (χ1) is 12.2. The van der Waals surface area contributed by atoms with E-state index in [9.17, 15) is 4.79 Å². The SMILES string of the molecule is COCc1cc(Nc2cc(C)[nH]n2)nc(Sc2ccc(C=O)cc2)n1. The van der Waals surface area contributed by atoms with Gasteiger partial charge in [-0.1, -0.05) is 12.1 Å². The van der Waals surface area contributed by atoms with Crippen LogP contribution in [0.2, 0.25) is 0 Å². The summed E-state index contributed by atoms with van der Waals surface area (Å²) in [6, 6.07) is 11.0. The van der Waals surface area contributed by atoms with E-state index in [0.29, 0.717) is 29.0 Å². The third kappa shape index (κ3) is 4.65. The predicted molar refractivity (Wildman–Crippen MR) is 95.3 cm³/mol. The van der Waals surface area contributed by atoms with Gasteiger partial charge in [0.25, 0.3) is 0 Å². The molecule has 0 bridgehead atoms. The number of hydrogen-bond acceptors (Lipinski definition) is 7. The number of aryl methyl sites for hydroxylation is 1. The molecule has 1 aromatic carbocycles. The van der Waals surface area contributed by atoms with Gasteiger partial charge < -0.3 is 10.1 Å². The highest BCUT2D eigenvalue weighted by atomic mass is 32.2. The van der Waals surface area contributed by atoms with Crippen molar-refractivity contribution in [2.24, 2.45) is 0 Å². The van der Waals surface area contributed by atoms with Gasteiger partial charge in [0.05, 0.1) is 12.3 Å². The lowest BCUT2D eigenvalue weighted by atomic mass is 10.2. The number of aldehydes is 1. The minimum absolute atomic E-state index is 0.383. The summed E-state index contributed by atoms with van der Waals surface area (Å²) >= 11 is 1.41. The molecule has 0 atom stereocenters. The Morgan fingerprint density at radius 3 is 2.64 bits per heavy atom. The van der Waals surface area contributed by atoms with Gasteiger partial charge in [-0.3, -0.25) is 9.89 Å². The maximum absolute atomic E-state index is 10.8. The monoisotopic (exact) mass is 355 g/mol. The molecule has 0 amide bonds. The van der Waals surface area contributed by atoms with Crippen LogP contribution in [0.25, 0.3) is 0 Å². The number of aromatic amines is 1. The molecule has 3 aromatic rings. The summed E-state index contributed by atoms with van der Waals surface area (Å²) in [6.07, 6.45) is 0.818. The third-order valence-electron chi connectivity index (χ3n) is 3.24. The number of anilines is 2. The molecule has 7 nitrogen and oxygen atoms in total. The molecule has 0 aliphatic carbocycles. The molecule has 0 fully saturated rings.